The van der Waals surface area contributed by atoms with Crippen LogP contribution in [0, 0.1) is 18.3 Å². The molecule has 130 valence electrons. The average molecular weight is 364 g/mol. The molecule has 0 N–H and O–H groups in total. The Labute approximate surface area is 156 Å². The molecule has 3 aromatic heterocycles. The quantitative estimate of drug-likeness (QED) is 0.508. The second-order valence-electron chi connectivity index (χ2n) is 5.59. The van der Waals surface area contributed by atoms with E-state index in [1.165, 1.54) is 0 Å². The third-order valence-electron chi connectivity index (χ3n) is 3.99. The predicted molar refractivity (Wildman–Crippen MR) is 104 cm³/mol. The SMILES string of the molecule is CC.Cc1nn(Cc2ccc3ncc(Cl)cc3c2)c2ccnc(C#N)c12. The van der Waals surface area contributed by atoms with E-state index in [2.05, 4.69) is 27.2 Å². The Morgan fingerprint density at radius 1 is 1.15 bits per heavy atom. The lowest BCUT2D eigenvalue weighted by Gasteiger charge is -2.06. The van der Waals surface area contributed by atoms with Crippen LogP contribution in [0.15, 0.2) is 42.7 Å². The van der Waals surface area contributed by atoms with Crippen molar-refractivity contribution in [3.05, 3.63) is 64.7 Å². The highest BCUT2D eigenvalue weighted by Gasteiger charge is 2.12. The molecule has 0 amide bonds. The zero-order valence-corrected chi connectivity index (χ0v) is 15.6. The van der Waals surface area contributed by atoms with Gasteiger partial charge in [0.05, 0.1) is 33.7 Å². The Morgan fingerprint density at radius 2 is 1.96 bits per heavy atom. The van der Waals surface area contributed by atoms with Gasteiger partial charge in [-0.15, -0.1) is 0 Å². The molecule has 26 heavy (non-hydrogen) atoms. The Morgan fingerprint density at radius 3 is 2.73 bits per heavy atom. The van der Waals surface area contributed by atoms with Gasteiger partial charge in [-0.3, -0.25) is 9.67 Å². The second kappa shape index (κ2) is 7.51. The molecule has 0 aliphatic heterocycles. The van der Waals surface area contributed by atoms with Gasteiger partial charge in [-0.25, -0.2) is 4.98 Å². The fourth-order valence-corrected chi connectivity index (χ4v) is 3.11. The first-order chi connectivity index (χ1) is 12.7. The van der Waals surface area contributed by atoms with Crippen molar-refractivity contribution < 1.29 is 0 Å². The van der Waals surface area contributed by atoms with Crippen LogP contribution in [0.4, 0.5) is 0 Å². The minimum absolute atomic E-state index is 0.408. The number of aryl methyl sites for hydroxylation is 1. The summed E-state index contributed by atoms with van der Waals surface area (Å²) in [7, 11) is 0. The van der Waals surface area contributed by atoms with Gasteiger partial charge in [0, 0.05) is 17.8 Å². The molecule has 0 radical (unpaired) electrons. The van der Waals surface area contributed by atoms with Gasteiger partial charge in [0.25, 0.3) is 0 Å². The molecule has 0 saturated heterocycles. The van der Waals surface area contributed by atoms with Crippen molar-refractivity contribution in [1.29, 1.82) is 5.26 Å². The maximum Gasteiger partial charge on any atom is 0.151 e. The molecule has 6 heteroatoms. The van der Waals surface area contributed by atoms with Crippen LogP contribution in [0.3, 0.4) is 0 Å². The summed E-state index contributed by atoms with van der Waals surface area (Å²) in [6, 6.07) is 12.0. The van der Waals surface area contributed by atoms with E-state index in [0.717, 1.165) is 33.1 Å². The smallest absolute Gasteiger partial charge is 0.151 e. The van der Waals surface area contributed by atoms with E-state index in [0.29, 0.717) is 17.3 Å². The molecule has 0 aliphatic carbocycles. The van der Waals surface area contributed by atoms with Crippen LogP contribution in [0.2, 0.25) is 5.02 Å². The minimum Gasteiger partial charge on any atom is -0.260 e. The molecule has 4 aromatic rings. The first kappa shape index (κ1) is 17.8. The van der Waals surface area contributed by atoms with Crippen molar-refractivity contribution in [2.45, 2.75) is 27.3 Å². The van der Waals surface area contributed by atoms with Gasteiger partial charge in [-0.2, -0.15) is 10.4 Å². The van der Waals surface area contributed by atoms with Crippen LogP contribution in [0.25, 0.3) is 21.8 Å². The topological polar surface area (TPSA) is 67.4 Å². The van der Waals surface area contributed by atoms with Crippen molar-refractivity contribution in [2.24, 2.45) is 0 Å². The molecular formula is C20H18ClN5. The molecule has 0 aliphatic rings. The summed E-state index contributed by atoms with van der Waals surface area (Å²) in [6.45, 7) is 6.49. The van der Waals surface area contributed by atoms with Crippen LogP contribution in [-0.2, 0) is 6.54 Å². The highest BCUT2D eigenvalue weighted by molar-refractivity contribution is 6.31. The molecule has 0 bridgehead atoms. The predicted octanol–water partition coefficient (Wildman–Crippen LogP) is 4.89. The number of benzene rings is 1. The van der Waals surface area contributed by atoms with Crippen molar-refractivity contribution >= 4 is 33.4 Å². The van der Waals surface area contributed by atoms with Crippen LogP contribution in [0.1, 0.15) is 30.8 Å². The fourth-order valence-electron chi connectivity index (χ4n) is 2.94. The summed E-state index contributed by atoms with van der Waals surface area (Å²) in [5, 5.41) is 16.2. The number of nitriles is 1. The molecule has 0 spiro atoms. The first-order valence-corrected chi connectivity index (χ1v) is 8.80. The monoisotopic (exact) mass is 363 g/mol. The molecule has 4 rings (SSSR count). The molecular weight excluding hydrogens is 346 g/mol. The van der Waals surface area contributed by atoms with E-state index < -0.39 is 0 Å². The molecule has 0 unspecified atom stereocenters. The van der Waals surface area contributed by atoms with Gasteiger partial charge in [-0.05, 0) is 36.8 Å². The van der Waals surface area contributed by atoms with Crippen LogP contribution >= 0.6 is 11.6 Å². The lowest BCUT2D eigenvalue weighted by atomic mass is 10.1. The number of pyridine rings is 2. The number of nitrogens with zero attached hydrogens (tertiary/aromatic N) is 5. The van der Waals surface area contributed by atoms with Gasteiger partial charge in [-0.1, -0.05) is 31.5 Å². The lowest BCUT2D eigenvalue weighted by Crippen LogP contribution is -2.02. The Bertz CT molecular complexity index is 1120. The summed E-state index contributed by atoms with van der Waals surface area (Å²) in [4.78, 5) is 8.43. The van der Waals surface area contributed by atoms with Gasteiger partial charge in [0.1, 0.15) is 6.07 Å². The lowest BCUT2D eigenvalue weighted by molar-refractivity contribution is 0.704. The third-order valence-corrected chi connectivity index (χ3v) is 4.20. The fraction of sp³-hybridized carbons (Fsp3) is 0.200. The molecule has 3 heterocycles. The number of rotatable bonds is 2. The maximum atomic E-state index is 9.23. The van der Waals surface area contributed by atoms with Crippen LogP contribution < -0.4 is 0 Å². The zero-order chi connectivity index (χ0) is 18.7. The molecule has 0 saturated carbocycles. The van der Waals surface area contributed by atoms with Gasteiger partial charge >= 0.3 is 0 Å². The molecule has 0 fully saturated rings. The summed E-state index contributed by atoms with van der Waals surface area (Å²) in [6.07, 6.45) is 3.28. The van der Waals surface area contributed by atoms with E-state index in [-0.39, 0.29) is 0 Å². The van der Waals surface area contributed by atoms with Gasteiger partial charge in [0.15, 0.2) is 5.69 Å². The number of hydrogen-bond acceptors (Lipinski definition) is 4. The van der Waals surface area contributed by atoms with Crippen LogP contribution in [0.5, 0.6) is 0 Å². The Balaban J connectivity index is 0.000000948. The minimum atomic E-state index is 0.408. The third kappa shape index (κ3) is 3.24. The molecule has 0 atom stereocenters. The van der Waals surface area contributed by atoms with Crippen LogP contribution in [-0.4, -0.2) is 19.7 Å². The largest absolute Gasteiger partial charge is 0.260 e. The first-order valence-electron chi connectivity index (χ1n) is 8.42. The maximum absolute atomic E-state index is 9.23. The van der Waals surface area contributed by atoms with Crippen molar-refractivity contribution in [2.75, 3.05) is 0 Å². The van der Waals surface area contributed by atoms with E-state index in [9.17, 15) is 5.26 Å². The van der Waals surface area contributed by atoms with E-state index >= 15 is 0 Å². The Hall–Kier alpha value is -2.97. The Kier molecular flexibility index (Phi) is 5.15. The van der Waals surface area contributed by atoms with E-state index in [1.807, 2.05) is 49.7 Å². The van der Waals surface area contributed by atoms with E-state index in [4.69, 9.17) is 11.6 Å². The second-order valence-corrected chi connectivity index (χ2v) is 6.03. The van der Waals surface area contributed by atoms with Crippen molar-refractivity contribution in [1.82, 2.24) is 19.7 Å². The zero-order valence-electron chi connectivity index (χ0n) is 14.9. The number of hydrogen-bond donors (Lipinski definition) is 0. The normalized spacial score (nSPS) is 10.4. The summed E-state index contributed by atoms with van der Waals surface area (Å²) < 4.78 is 1.90. The average Bonchev–Trinajstić information content (AvgIpc) is 2.99. The number of halogens is 1. The van der Waals surface area contributed by atoms with Crippen molar-refractivity contribution in [3.63, 3.8) is 0 Å². The standard InChI is InChI=1S/C18H12ClN5.C2H6/c1-11-18-16(8-20)21-5-4-17(18)24(23-11)10-12-2-3-15-13(6-12)7-14(19)9-22-15;1-2/h2-7,9H,10H2,1H3;1-2H3. The van der Waals surface area contributed by atoms with E-state index in [1.54, 1.807) is 12.4 Å². The molecule has 1 aromatic carbocycles. The van der Waals surface area contributed by atoms with Crippen molar-refractivity contribution in [3.8, 4) is 6.07 Å². The summed E-state index contributed by atoms with van der Waals surface area (Å²) in [5.74, 6) is 0. The van der Waals surface area contributed by atoms with Gasteiger partial charge in [0.2, 0.25) is 0 Å². The molecule has 5 nitrogen and oxygen atoms in total. The number of fused-ring (bicyclic) bond motifs is 2. The van der Waals surface area contributed by atoms with Gasteiger partial charge < -0.3 is 0 Å². The highest BCUT2D eigenvalue weighted by Crippen LogP contribution is 2.23. The number of aromatic nitrogens is 4. The summed E-state index contributed by atoms with van der Waals surface area (Å²) >= 11 is 6.03. The highest BCUT2D eigenvalue weighted by atomic mass is 35.5. The summed E-state index contributed by atoms with van der Waals surface area (Å²) in [5.41, 5.74) is 4.11.